The van der Waals surface area contributed by atoms with E-state index in [1.807, 2.05) is 54.6 Å². The maximum Gasteiger partial charge on any atom is 0.196 e. The molecule has 0 unspecified atom stereocenters. The largest absolute Gasteiger partial charge is 0.497 e. The molecule has 0 radical (unpaired) electrons. The Bertz CT molecular complexity index is 1290. The summed E-state index contributed by atoms with van der Waals surface area (Å²) in [4.78, 5) is 13.5. The number of ether oxygens (including phenoxy) is 2. The van der Waals surface area contributed by atoms with Gasteiger partial charge >= 0.3 is 0 Å². The number of benzene rings is 3. The molecular weight excluding hydrogens is 406 g/mol. The molecule has 162 valence electrons. The average molecular weight is 429 g/mol. The summed E-state index contributed by atoms with van der Waals surface area (Å²) in [6.07, 6.45) is 0.841. The minimum absolute atomic E-state index is 0.0526. The van der Waals surface area contributed by atoms with Gasteiger partial charge in [0, 0.05) is 37.1 Å². The summed E-state index contributed by atoms with van der Waals surface area (Å²) in [6.45, 7) is 1.36. The number of methoxy groups -OCH3 is 2. The standard InChI is InChI=1S/C25H23N3O4/c1-30-13-5-12-26-20-14-19(27-15-8-10-16(31-2)11-9-15)21-22-23(20)28-32-25(22)18-7-4-3-6-17(18)24(21)29/h3-4,6-11,14,26-27H,5,12-13H2,1-2H3. The minimum Gasteiger partial charge on any atom is -0.497 e. The van der Waals surface area contributed by atoms with Gasteiger partial charge in [0.05, 0.1) is 29.4 Å². The van der Waals surface area contributed by atoms with Gasteiger partial charge < -0.3 is 24.6 Å². The minimum atomic E-state index is -0.0526. The Labute approximate surface area is 185 Å². The van der Waals surface area contributed by atoms with Crippen LogP contribution in [0.15, 0.2) is 59.1 Å². The number of ketones is 1. The molecule has 0 saturated carbocycles. The first-order chi connectivity index (χ1) is 15.7. The number of nitrogens with zero attached hydrogens (tertiary/aromatic N) is 1. The quantitative estimate of drug-likeness (QED) is 0.326. The first-order valence-electron chi connectivity index (χ1n) is 10.5. The van der Waals surface area contributed by atoms with Crippen molar-refractivity contribution in [3.8, 4) is 17.1 Å². The molecular formula is C25H23N3O4. The zero-order valence-corrected chi connectivity index (χ0v) is 17.9. The van der Waals surface area contributed by atoms with Crippen molar-refractivity contribution in [1.29, 1.82) is 0 Å². The molecule has 0 spiro atoms. The molecule has 4 aromatic rings. The molecule has 0 saturated heterocycles. The summed E-state index contributed by atoms with van der Waals surface area (Å²) in [6, 6.07) is 17.0. The van der Waals surface area contributed by atoms with Gasteiger partial charge in [0.1, 0.15) is 11.3 Å². The summed E-state index contributed by atoms with van der Waals surface area (Å²) >= 11 is 0. The monoisotopic (exact) mass is 429 g/mol. The van der Waals surface area contributed by atoms with Gasteiger partial charge in [-0.3, -0.25) is 4.79 Å². The number of anilines is 3. The molecule has 0 atom stereocenters. The lowest BCUT2D eigenvalue weighted by atomic mass is 9.86. The number of rotatable bonds is 8. The van der Waals surface area contributed by atoms with Crippen LogP contribution in [0.5, 0.6) is 5.75 Å². The molecule has 0 bridgehead atoms. The third-order valence-electron chi connectivity index (χ3n) is 5.61. The number of hydrogen-bond donors (Lipinski definition) is 2. The molecule has 0 aliphatic heterocycles. The molecule has 1 heterocycles. The van der Waals surface area contributed by atoms with Crippen LogP contribution < -0.4 is 15.4 Å². The zero-order valence-electron chi connectivity index (χ0n) is 17.9. The van der Waals surface area contributed by atoms with Gasteiger partial charge in [0.2, 0.25) is 0 Å². The normalized spacial score (nSPS) is 12.0. The van der Waals surface area contributed by atoms with E-state index in [9.17, 15) is 4.79 Å². The van der Waals surface area contributed by atoms with Crippen LogP contribution in [-0.2, 0) is 4.74 Å². The Morgan fingerprint density at radius 1 is 1.00 bits per heavy atom. The van der Waals surface area contributed by atoms with Crippen LogP contribution in [0.3, 0.4) is 0 Å². The molecule has 2 N–H and O–H groups in total. The number of carbonyl (C=O) groups is 1. The van der Waals surface area contributed by atoms with Crippen molar-refractivity contribution in [2.24, 2.45) is 0 Å². The summed E-state index contributed by atoms with van der Waals surface area (Å²) < 4.78 is 16.2. The highest BCUT2D eigenvalue weighted by molar-refractivity contribution is 6.28. The van der Waals surface area contributed by atoms with Crippen molar-refractivity contribution < 1.29 is 18.8 Å². The maximum atomic E-state index is 13.5. The van der Waals surface area contributed by atoms with Crippen LogP contribution in [-0.4, -0.2) is 38.3 Å². The van der Waals surface area contributed by atoms with Crippen molar-refractivity contribution >= 4 is 33.7 Å². The Morgan fingerprint density at radius 2 is 1.78 bits per heavy atom. The van der Waals surface area contributed by atoms with E-state index in [0.717, 1.165) is 34.5 Å². The topological polar surface area (TPSA) is 85.6 Å². The van der Waals surface area contributed by atoms with E-state index >= 15 is 0 Å². The van der Waals surface area contributed by atoms with Gasteiger partial charge in [0.15, 0.2) is 11.5 Å². The maximum absolute atomic E-state index is 13.5. The van der Waals surface area contributed by atoms with Gasteiger partial charge in [-0.1, -0.05) is 29.4 Å². The molecule has 1 aliphatic carbocycles. The van der Waals surface area contributed by atoms with E-state index in [-0.39, 0.29) is 5.78 Å². The first-order valence-corrected chi connectivity index (χ1v) is 10.5. The SMILES string of the molecule is COCCCNc1cc(Nc2ccc(OC)cc2)c2c3c(onc13)-c1ccccc1C2=O. The molecule has 1 aliphatic rings. The molecule has 32 heavy (non-hydrogen) atoms. The first kappa shape index (κ1) is 20.1. The van der Waals surface area contributed by atoms with Crippen LogP contribution in [0.4, 0.5) is 17.1 Å². The lowest BCUT2D eigenvalue weighted by Crippen LogP contribution is -2.13. The zero-order chi connectivity index (χ0) is 22.1. The highest BCUT2D eigenvalue weighted by Crippen LogP contribution is 2.45. The fourth-order valence-corrected chi connectivity index (χ4v) is 4.06. The molecule has 0 fully saturated rings. The summed E-state index contributed by atoms with van der Waals surface area (Å²) in [7, 11) is 3.31. The second kappa shape index (κ2) is 8.36. The fourth-order valence-electron chi connectivity index (χ4n) is 4.06. The van der Waals surface area contributed by atoms with Crippen molar-refractivity contribution in [3.05, 3.63) is 65.7 Å². The predicted octanol–water partition coefficient (Wildman–Crippen LogP) is 5.24. The summed E-state index contributed by atoms with van der Waals surface area (Å²) in [5.41, 5.74) is 4.93. The number of nitrogens with one attached hydrogen (secondary N) is 2. The van der Waals surface area contributed by atoms with E-state index in [0.29, 0.717) is 41.2 Å². The molecule has 5 rings (SSSR count). The van der Waals surface area contributed by atoms with Crippen molar-refractivity contribution in [3.63, 3.8) is 0 Å². The molecule has 7 heteroatoms. The second-order valence-corrected chi connectivity index (χ2v) is 7.58. The van der Waals surface area contributed by atoms with Gasteiger partial charge in [-0.15, -0.1) is 0 Å². The van der Waals surface area contributed by atoms with E-state index in [1.54, 1.807) is 14.2 Å². The van der Waals surface area contributed by atoms with Crippen LogP contribution in [0.25, 0.3) is 22.2 Å². The van der Waals surface area contributed by atoms with Crippen molar-refractivity contribution in [2.75, 3.05) is 38.0 Å². The average Bonchev–Trinajstić information content (AvgIpc) is 3.27. The van der Waals surface area contributed by atoms with Crippen molar-refractivity contribution in [1.82, 2.24) is 5.16 Å². The summed E-state index contributed by atoms with van der Waals surface area (Å²) in [5, 5.41) is 11.9. The lowest BCUT2D eigenvalue weighted by Gasteiger charge is -2.20. The number of fused-ring (bicyclic) bond motifs is 2. The Balaban J connectivity index is 1.65. The third kappa shape index (κ3) is 3.36. The Kier molecular flexibility index (Phi) is 5.25. The highest BCUT2D eigenvalue weighted by Gasteiger charge is 2.32. The number of aromatic nitrogens is 1. The van der Waals surface area contributed by atoms with E-state index in [1.165, 1.54) is 0 Å². The van der Waals surface area contributed by atoms with Gasteiger partial charge in [-0.25, -0.2) is 0 Å². The Morgan fingerprint density at radius 3 is 2.53 bits per heavy atom. The van der Waals surface area contributed by atoms with Crippen LogP contribution >= 0.6 is 0 Å². The van der Waals surface area contributed by atoms with Crippen molar-refractivity contribution in [2.45, 2.75) is 6.42 Å². The number of carbonyl (C=O) groups excluding carboxylic acids is 1. The number of hydrogen-bond acceptors (Lipinski definition) is 7. The lowest BCUT2D eigenvalue weighted by molar-refractivity contribution is 0.104. The van der Waals surface area contributed by atoms with Gasteiger partial charge in [-0.2, -0.15) is 0 Å². The predicted molar refractivity (Wildman–Crippen MR) is 124 cm³/mol. The van der Waals surface area contributed by atoms with Crippen LogP contribution in [0.1, 0.15) is 22.3 Å². The summed E-state index contributed by atoms with van der Waals surface area (Å²) in [5.74, 6) is 1.32. The third-order valence-corrected chi connectivity index (χ3v) is 5.61. The van der Waals surface area contributed by atoms with E-state index in [4.69, 9.17) is 14.0 Å². The Hall–Kier alpha value is -3.84. The smallest absolute Gasteiger partial charge is 0.196 e. The van der Waals surface area contributed by atoms with Gasteiger partial charge in [0.25, 0.3) is 0 Å². The van der Waals surface area contributed by atoms with Crippen LogP contribution in [0, 0.1) is 0 Å². The van der Waals surface area contributed by atoms with Crippen LogP contribution in [0.2, 0.25) is 0 Å². The van der Waals surface area contributed by atoms with Gasteiger partial charge in [-0.05, 0) is 36.8 Å². The highest BCUT2D eigenvalue weighted by atomic mass is 16.5. The molecule has 0 amide bonds. The molecule has 7 nitrogen and oxygen atoms in total. The fraction of sp³-hybridized carbons (Fsp3) is 0.200. The molecule has 1 aromatic heterocycles. The second-order valence-electron chi connectivity index (χ2n) is 7.58. The van der Waals surface area contributed by atoms with E-state index < -0.39 is 0 Å². The van der Waals surface area contributed by atoms with E-state index in [2.05, 4.69) is 15.8 Å². The molecule has 3 aromatic carbocycles.